The Balaban J connectivity index is 1.60. The number of hydrogen-bond acceptors (Lipinski definition) is 3. The molecule has 1 saturated heterocycles. The van der Waals surface area contributed by atoms with Crippen LogP contribution in [0.4, 0.5) is 5.69 Å². The van der Waals surface area contributed by atoms with Crippen LogP contribution in [0, 0.1) is 6.92 Å². The van der Waals surface area contributed by atoms with Gasteiger partial charge in [0.25, 0.3) is 0 Å². The number of aryl methyl sites for hydroxylation is 2. The van der Waals surface area contributed by atoms with Crippen molar-refractivity contribution in [2.24, 2.45) is 0 Å². The first-order valence-electron chi connectivity index (χ1n) is 9.90. The zero-order valence-electron chi connectivity index (χ0n) is 16.2. The molecule has 4 nitrogen and oxygen atoms in total. The molecule has 2 N–H and O–H groups in total. The summed E-state index contributed by atoms with van der Waals surface area (Å²) in [7, 11) is 0. The summed E-state index contributed by atoms with van der Waals surface area (Å²) >= 11 is 0. The molecule has 1 unspecified atom stereocenters. The average molecular weight is 367 g/mol. The second-order valence-electron chi connectivity index (χ2n) is 7.41. The van der Waals surface area contributed by atoms with Crippen LogP contribution < -0.4 is 5.73 Å². The normalized spacial score (nSPS) is 16.4. The molecule has 4 heteroatoms. The molecule has 1 atom stereocenters. The molecular weight excluding hydrogens is 336 g/mol. The third-order valence-corrected chi connectivity index (χ3v) is 5.26. The van der Waals surface area contributed by atoms with E-state index in [0.29, 0.717) is 19.4 Å². The summed E-state index contributed by atoms with van der Waals surface area (Å²) < 4.78 is 5.77. The summed E-state index contributed by atoms with van der Waals surface area (Å²) in [5.41, 5.74) is 10.3. The van der Waals surface area contributed by atoms with E-state index in [1.165, 1.54) is 11.1 Å². The highest BCUT2D eigenvalue weighted by molar-refractivity contribution is 5.76. The second-order valence-corrected chi connectivity index (χ2v) is 7.41. The van der Waals surface area contributed by atoms with Gasteiger partial charge >= 0.3 is 0 Å². The number of anilines is 1. The number of carbonyl (C=O) groups excluding carboxylic acids is 1. The number of hydrogen-bond donors (Lipinski definition) is 1. The zero-order valence-corrected chi connectivity index (χ0v) is 16.2. The molecule has 0 radical (unpaired) electrons. The standard InChI is InChI=1S/C23H30N2O2/c1-18-8-10-19(11-9-18)14-15-25(17-21-6-4-16-27-21)23(26)13-12-20-5-2-3-7-22(20)24/h2-3,5,7-11,21H,4,6,12-17,24H2,1H3. The Labute approximate surface area is 162 Å². The van der Waals surface area contributed by atoms with Crippen molar-refractivity contribution in [2.75, 3.05) is 25.4 Å². The lowest BCUT2D eigenvalue weighted by molar-refractivity contribution is -0.132. The number of ether oxygens (including phenoxy) is 1. The molecule has 0 aliphatic carbocycles. The minimum atomic E-state index is 0.175. The van der Waals surface area contributed by atoms with Crippen LogP contribution in [-0.4, -0.2) is 36.6 Å². The van der Waals surface area contributed by atoms with E-state index in [1.807, 2.05) is 29.2 Å². The first-order valence-corrected chi connectivity index (χ1v) is 9.90. The van der Waals surface area contributed by atoms with Crippen molar-refractivity contribution in [3.8, 4) is 0 Å². The molecule has 0 spiro atoms. The van der Waals surface area contributed by atoms with E-state index in [-0.39, 0.29) is 12.0 Å². The highest BCUT2D eigenvalue weighted by atomic mass is 16.5. The maximum atomic E-state index is 12.9. The highest BCUT2D eigenvalue weighted by Gasteiger charge is 2.22. The average Bonchev–Trinajstić information content (AvgIpc) is 3.18. The number of nitrogens with zero attached hydrogens (tertiary/aromatic N) is 1. The highest BCUT2D eigenvalue weighted by Crippen LogP contribution is 2.17. The van der Waals surface area contributed by atoms with Gasteiger partial charge in [-0.25, -0.2) is 0 Å². The summed E-state index contributed by atoms with van der Waals surface area (Å²) in [5, 5.41) is 0. The Kier molecular flexibility index (Phi) is 6.88. The molecule has 1 aliphatic rings. The fourth-order valence-corrected chi connectivity index (χ4v) is 3.53. The summed E-state index contributed by atoms with van der Waals surface area (Å²) in [6, 6.07) is 16.3. The number of rotatable bonds is 8. The predicted molar refractivity (Wildman–Crippen MR) is 110 cm³/mol. The molecule has 1 amide bonds. The molecular formula is C23H30N2O2. The number of amides is 1. The number of para-hydroxylation sites is 1. The molecule has 1 fully saturated rings. The first kappa shape index (κ1) is 19.4. The van der Waals surface area contributed by atoms with Crippen molar-refractivity contribution in [1.82, 2.24) is 4.90 Å². The van der Waals surface area contributed by atoms with Crippen molar-refractivity contribution in [3.05, 3.63) is 65.2 Å². The van der Waals surface area contributed by atoms with E-state index in [1.54, 1.807) is 0 Å². The molecule has 2 aromatic carbocycles. The van der Waals surface area contributed by atoms with E-state index in [0.717, 1.165) is 43.7 Å². The number of nitrogens with two attached hydrogens (primary N) is 1. The maximum Gasteiger partial charge on any atom is 0.223 e. The van der Waals surface area contributed by atoms with Crippen molar-refractivity contribution in [1.29, 1.82) is 0 Å². The van der Waals surface area contributed by atoms with Crippen molar-refractivity contribution in [3.63, 3.8) is 0 Å². The van der Waals surface area contributed by atoms with Crippen molar-refractivity contribution < 1.29 is 9.53 Å². The van der Waals surface area contributed by atoms with Gasteiger partial charge in [0.05, 0.1) is 6.10 Å². The van der Waals surface area contributed by atoms with Gasteiger partial charge < -0.3 is 15.4 Å². The Bertz CT molecular complexity index is 736. The van der Waals surface area contributed by atoms with E-state index in [9.17, 15) is 4.79 Å². The lowest BCUT2D eigenvalue weighted by Gasteiger charge is -2.26. The van der Waals surface area contributed by atoms with Crippen LogP contribution >= 0.6 is 0 Å². The third-order valence-electron chi connectivity index (χ3n) is 5.26. The molecule has 0 saturated carbocycles. The quantitative estimate of drug-likeness (QED) is 0.724. The van der Waals surface area contributed by atoms with E-state index >= 15 is 0 Å². The van der Waals surface area contributed by atoms with Gasteiger partial charge in [0.15, 0.2) is 0 Å². The van der Waals surface area contributed by atoms with Gasteiger partial charge in [-0.3, -0.25) is 4.79 Å². The number of nitrogen functional groups attached to an aromatic ring is 1. The molecule has 144 valence electrons. The Morgan fingerprint density at radius 2 is 1.93 bits per heavy atom. The van der Waals surface area contributed by atoms with Crippen LogP contribution in [0.25, 0.3) is 0 Å². The number of benzene rings is 2. The molecule has 1 aliphatic heterocycles. The van der Waals surface area contributed by atoms with Crippen LogP contribution in [0.3, 0.4) is 0 Å². The van der Waals surface area contributed by atoms with Crippen LogP contribution in [0.5, 0.6) is 0 Å². The van der Waals surface area contributed by atoms with Crippen LogP contribution in [0.2, 0.25) is 0 Å². The largest absolute Gasteiger partial charge is 0.399 e. The van der Waals surface area contributed by atoms with Gasteiger partial charge in [0, 0.05) is 31.8 Å². The lowest BCUT2D eigenvalue weighted by Crippen LogP contribution is -2.39. The minimum absolute atomic E-state index is 0.175. The van der Waals surface area contributed by atoms with Crippen molar-refractivity contribution in [2.45, 2.75) is 45.1 Å². The topological polar surface area (TPSA) is 55.6 Å². The van der Waals surface area contributed by atoms with Crippen LogP contribution in [0.15, 0.2) is 48.5 Å². The summed E-state index contributed by atoms with van der Waals surface area (Å²) in [4.78, 5) is 14.9. The minimum Gasteiger partial charge on any atom is -0.399 e. The summed E-state index contributed by atoms with van der Waals surface area (Å²) in [6.07, 6.45) is 4.33. The molecule has 0 aromatic heterocycles. The van der Waals surface area contributed by atoms with E-state index in [4.69, 9.17) is 10.5 Å². The number of carbonyl (C=O) groups is 1. The second kappa shape index (κ2) is 9.56. The summed E-state index contributed by atoms with van der Waals surface area (Å²) in [5.74, 6) is 0.181. The Morgan fingerprint density at radius 3 is 2.63 bits per heavy atom. The Morgan fingerprint density at radius 1 is 1.15 bits per heavy atom. The molecule has 2 aromatic rings. The monoisotopic (exact) mass is 366 g/mol. The smallest absolute Gasteiger partial charge is 0.223 e. The molecule has 27 heavy (non-hydrogen) atoms. The maximum absolute atomic E-state index is 12.9. The van der Waals surface area contributed by atoms with Gasteiger partial charge in [0.1, 0.15) is 0 Å². The first-order chi connectivity index (χ1) is 13.1. The van der Waals surface area contributed by atoms with E-state index < -0.39 is 0 Å². The van der Waals surface area contributed by atoms with E-state index in [2.05, 4.69) is 31.2 Å². The van der Waals surface area contributed by atoms with Gasteiger partial charge in [-0.2, -0.15) is 0 Å². The van der Waals surface area contributed by atoms with Gasteiger partial charge in [-0.15, -0.1) is 0 Å². The van der Waals surface area contributed by atoms with Gasteiger partial charge in [-0.1, -0.05) is 48.0 Å². The molecule has 1 heterocycles. The van der Waals surface area contributed by atoms with Gasteiger partial charge in [-0.05, 0) is 49.8 Å². The molecule has 0 bridgehead atoms. The Hall–Kier alpha value is -2.33. The van der Waals surface area contributed by atoms with Gasteiger partial charge in [0.2, 0.25) is 5.91 Å². The van der Waals surface area contributed by atoms with Crippen molar-refractivity contribution >= 4 is 11.6 Å². The lowest BCUT2D eigenvalue weighted by atomic mass is 10.1. The zero-order chi connectivity index (χ0) is 19.1. The third kappa shape index (κ3) is 5.83. The van der Waals surface area contributed by atoms with Crippen LogP contribution in [0.1, 0.15) is 36.0 Å². The predicted octanol–water partition coefficient (Wildman–Crippen LogP) is 3.76. The molecule has 3 rings (SSSR count). The summed E-state index contributed by atoms with van der Waals surface area (Å²) in [6.45, 7) is 4.32. The fourth-order valence-electron chi connectivity index (χ4n) is 3.53. The van der Waals surface area contributed by atoms with Crippen LogP contribution in [-0.2, 0) is 22.4 Å². The SMILES string of the molecule is Cc1ccc(CCN(CC2CCCO2)C(=O)CCc2ccccc2N)cc1. The fraction of sp³-hybridized carbons (Fsp3) is 0.435.